The molecular weight excluding hydrogens is 609 g/mol. The highest BCUT2D eigenvalue weighted by molar-refractivity contribution is 6.52. The first-order valence-electron chi connectivity index (χ1n) is 14.4. The average molecular weight is 642 g/mol. The van der Waals surface area contributed by atoms with Crippen LogP contribution in [0.2, 0.25) is 0 Å². The molecule has 0 saturated carbocycles. The molecule has 0 fully saturated rings. The Kier molecular flexibility index (Phi) is 9.69. The summed E-state index contributed by atoms with van der Waals surface area (Å²) in [6.45, 7) is -0.729. The number of halogens is 1. The highest BCUT2D eigenvalue weighted by Crippen LogP contribution is 2.41. The second-order valence-electron chi connectivity index (χ2n) is 10.5. The van der Waals surface area contributed by atoms with Crippen molar-refractivity contribution in [1.29, 1.82) is 0 Å². The van der Waals surface area contributed by atoms with E-state index in [9.17, 15) is 23.6 Å². The molecule has 0 aliphatic carbocycles. The number of nitrogens with zero attached hydrogens (tertiary/aromatic N) is 2. The number of ether oxygens (including phenoxy) is 4. The van der Waals surface area contributed by atoms with Crippen LogP contribution in [0.1, 0.15) is 27.5 Å². The number of Topliss-reactive ketones (excluding diaryl/α,β-unsaturated/α-hetero) is 1. The number of amides is 3. The molecular formula is C35H32FN3O8. The summed E-state index contributed by atoms with van der Waals surface area (Å²) in [4.78, 5) is 56.8. The molecule has 5 rings (SSSR count). The van der Waals surface area contributed by atoms with Crippen LogP contribution in [0.3, 0.4) is 0 Å². The Hall–Kier alpha value is -5.91. The highest BCUT2D eigenvalue weighted by Gasteiger charge is 2.40. The van der Waals surface area contributed by atoms with E-state index < -0.39 is 41.9 Å². The van der Waals surface area contributed by atoms with Crippen molar-refractivity contribution in [2.45, 2.75) is 12.6 Å². The Morgan fingerprint density at radius 3 is 2.06 bits per heavy atom. The van der Waals surface area contributed by atoms with Gasteiger partial charge in [0.25, 0.3) is 17.6 Å². The van der Waals surface area contributed by atoms with E-state index in [1.807, 2.05) is 0 Å². The second kappa shape index (κ2) is 14.0. The van der Waals surface area contributed by atoms with E-state index in [0.29, 0.717) is 17.0 Å². The summed E-state index contributed by atoms with van der Waals surface area (Å²) >= 11 is 0. The first-order valence-corrected chi connectivity index (χ1v) is 14.4. The minimum Gasteiger partial charge on any atom is -0.497 e. The summed E-state index contributed by atoms with van der Waals surface area (Å²) < 4.78 is 35.7. The van der Waals surface area contributed by atoms with Crippen LogP contribution >= 0.6 is 0 Å². The molecule has 1 heterocycles. The normalized spacial score (nSPS) is 12.7. The molecule has 1 aliphatic heterocycles. The van der Waals surface area contributed by atoms with Crippen LogP contribution in [-0.4, -0.2) is 63.4 Å². The van der Waals surface area contributed by atoms with E-state index >= 15 is 0 Å². The second-order valence-corrected chi connectivity index (χ2v) is 10.5. The molecule has 0 spiro atoms. The van der Waals surface area contributed by atoms with Crippen LogP contribution in [0, 0.1) is 5.82 Å². The van der Waals surface area contributed by atoms with Crippen molar-refractivity contribution in [3.8, 4) is 23.0 Å². The van der Waals surface area contributed by atoms with Gasteiger partial charge in [-0.1, -0.05) is 24.3 Å². The van der Waals surface area contributed by atoms with Gasteiger partial charge in [0.15, 0.2) is 11.5 Å². The van der Waals surface area contributed by atoms with Gasteiger partial charge in [0.05, 0.1) is 39.7 Å². The standard InChI is InChI=1S/C35H32FN3O8/c1-44-25-15-13-24(14-16-25)37-34(42)31(22-17-28(45-2)33(47-4)29(18-22)46-3)39(19-21-9-11-23(36)12-10-21)30(40)20-38-27-8-6-5-7-26(27)32(41)35(38)43/h5-18,31H,19-20H2,1-4H3,(H,37,42)/t31-/m1/s1. The third kappa shape index (κ3) is 6.71. The fourth-order valence-corrected chi connectivity index (χ4v) is 5.36. The molecule has 0 aromatic heterocycles. The van der Waals surface area contributed by atoms with Gasteiger partial charge in [-0.2, -0.15) is 0 Å². The Balaban J connectivity index is 1.63. The molecule has 0 bridgehead atoms. The highest BCUT2D eigenvalue weighted by atomic mass is 19.1. The minimum atomic E-state index is -1.35. The predicted molar refractivity (Wildman–Crippen MR) is 171 cm³/mol. The zero-order valence-electron chi connectivity index (χ0n) is 26.1. The van der Waals surface area contributed by atoms with E-state index in [1.54, 1.807) is 54.6 Å². The van der Waals surface area contributed by atoms with Crippen molar-refractivity contribution in [2.75, 3.05) is 45.2 Å². The van der Waals surface area contributed by atoms with Crippen LogP contribution in [0.4, 0.5) is 15.8 Å². The number of rotatable bonds is 12. The van der Waals surface area contributed by atoms with E-state index in [1.165, 1.54) is 63.7 Å². The number of nitrogens with one attached hydrogen (secondary N) is 1. The maximum atomic E-state index is 14.4. The third-order valence-electron chi connectivity index (χ3n) is 7.68. The number of carbonyl (C=O) groups is 4. The van der Waals surface area contributed by atoms with Crippen molar-refractivity contribution in [1.82, 2.24) is 4.90 Å². The van der Waals surface area contributed by atoms with E-state index in [2.05, 4.69) is 5.32 Å². The molecule has 0 saturated heterocycles. The van der Waals surface area contributed by atoms with Crippen LogP contribution in [0.25, 0.3) is 0 Å². The lowest BCUT2D eigenvalue weighted by Crippen LogP contribution is -2.46. The SMILES string of the molecule is COc1ccc(NC(=O)[C@@H](c2cc(OC)c(OC)c(OC)c2)N(Cc2ccc(F)cc2)C(=O)CN2C(=O)C(=O)c3ccccc32)cc1. The van der Waals surface area contributed by atoms with Gasteiger partial charge in [-0.25, -0.2) is 4.39 Å². The lowest BCUT2D eigenvalue weighted by atomic mass is 10.0. The largest absolute Gasteiger partial charge is 0.497 e. The monoisotopic (exact) mass is 641 g/mol. The Labute approximate surface area is 270 Å². The van der Waals surface area contributed by atoms with Gasteiger partial charge in [-0.05, 0) is 71.8 Å². The van der Waals surface area contributed by atoms with Gasteiger partial charge < -0.3 is 29.2 Å². The van der Waals surface area contributed by atoms with Gasteiger partial charge in [-0.3, -0.25) is 24.1 Å². The lowest BCUT2D eigenvalue weighted by Gasteiger charge is -2.33. The number of hydrogen-bond acceptors (Lipinski definition) is 8. The number of anilines is 2. The van der Waals surface area contributed by atoms with Gasteiger partial charge in [0.2, 0.25) is 11.7 Å². The molecule has 0 radical (unpaired) electrons. The lowest BCUT2D eigenvalue weighted by molar-refractivity contribution is -0.139. The molecule has 0 unspecified atom stereocenters. The van der Waals surface area contributed by atoms with E-state index in [0.717, 1.165) is 4.90 Å². The smallest absolute Gasteiger partial charge is 0.299 e. The van der Waals surface area contributed by atoms with Crippen LogP contribution in [0.15, 0.2) is 84.9 Å². The fraction of sp³-hybridized carbons (Fsp3) is 0.200. The number of para-hydroxylation sites is 1. The summed E-state index contributed by atoms with van der Waals surface area (Å²) in [6.07, 6.45) is 0. The minimum absolute atomic E-state index is 0.173. The van der Waals surface area contributed by atoms with Gasteiger partial charge in [-0.15, -0.1) is 0 Å². The quantitative estimate of drug-likeness (QED) is 0.219. The Morgan fingerprint density at radius 2 is 1.47 bits per heavy atom. The molecule has 47 heavy (non-hydrogen) atoms. The molecule has 4 aromatic rings. The molecule has 12 heteroatoms. The zero-order valence-corrected chi connectivity index (χ0v) is 26.1. The first kappa shape index (κ1) is 32.5. The number of ketones is 1. The predicted octanol–water partition coefficient (Wildman–Crippen LogP) is 4.80. The van der Waals surface area contributed by atoms with E-state index in [4.69, 9.17) is 18.9 Å². The summed E-state index contributed by atoms with van der Waals surface area (Å²) in [7, 11) is 5.79. The first-order chi connectivity index (χ1) is 22.7. The summed E-state index contributed by atoms with van der Waals surface area (Å²) in [6, 6.07) is 20.2. The van der Waals surface area contributed by atoms with Gasteiger partial charge in [0, 0.05) is 12.2 Å². The third-order valence-corrected chi connectivity index (χ3v) is 7.68. The van der Waals surface area contributed by atoms with Crippen molar-refractivity contribution in [2.24, 2.45) is 0 Å². The van der Waals surface area contributed by atoms with Crippen molar-refractivity contribution >= 4 is 34.9 Å². The molecule has 1 atom stereocenters. The van der Waals surface area contributed by atoms with Crippen LogP contribution in [-0.2, 0) is 20.9 Å². The van der Waals surface area contributed by atoms with Crippen LogP contribution in [0.5, 0.6) is 23.0 Å². The molecule has 242 valence electrons. The number of carbonyl (C=O) groups excluding carboxylic acids is 4. The zero-order chi connectivity index (χ0) is 33.7. The summed E-state index contributed by atoms with van der Waals surface area (Å²) in [5.74, 6) is -2.09. The molecule has 1 N–H and O–H groups in total. The molecule has 3 amide bonds. The van der Waals surface area contributed by atoms with Crippen LogP contribution < -0.4 is 29.2 Å². The van der Waals surface area contributed by atoms with Gasteiger partial charge in [0.1, 0.15) is 24.2 Å². The van der Waals surface area contributed by atoms with Crippen molar-refractivity contribution in [3.05, 3.63) is 107 Å². The number of benzene rings is 4. The van der Waals surface area contributed by atoms with Crippen molar-refractivity contribution < 1.29 is 42.5 Å². The number of fused-ring (bicyclic) bond motifs is 1. The molecule has 11 nitrogen and oxygen atoms in total. The molecule has 4 aromatic carbocycles. The number of methoxy groups -OCH3 is 4. The molecule has 1 aliphatic rings. The fourth-order valence-electron chi connectivity index (χ4n) is 5.36. The topological polar surface area (TPSA) is 124 Å². The van der Waals surface area contributed by atoms with E-state index in [-0.39, 0.29) is 40.6 Å². The Bertz CT molecular complexity index is 1790. The summed E-state index contributed by atoms with van der Waals surface area (Å²) in [5, 5.41) is 2.85. The van der Waals surface area contributed by atoms with Crippen molar-refractivity contribution in [3.63, 3.8) is 0 Å². The maximum Gasteiger partial charge on any atom is 0.299 e. The van der Waals surface area contributed by atoms with Gasteiger partial charge >= 0.3 is 0 Å². The summed E-state index contributed by atoms with van der Waals surface area (Å²) in [5.41, 5.74) is 1.65. The maximum absolute atomic E-state index is 14.4. The average Bonchev–Trinajstić information content (AvgIpc) is 3.33. The number of hydrogen-bond donors (Lipinski definition) is 1. The Morgan fingerprint density at radius 1 is 0.830 bits per heavy atom.